The molecule has 0 aliphatic rings. The molecule has 0 bridgehead atoms. The Hall–Kier alpha value is -2.92. The first-order valence-electron chi connectivity index (χ1n) is 8.46. The van der Waals surface area contributed by atoms with Crippen LogP contribution < -0.4 is 10.6 Å². The minimum absolute atomic E-state index is 0.0855. The van der Waals surface area contributed by atoms with E-state index in [9.17, 15) is 9.59 Å². The lowest BCUT2D eigenvalue weighted by atomic mass is 10.1. The maximum Gasteiger partial charge on any atom is 0.261 e. The molecule has 0 aliphatic heterocycles. The Morgan fingerprint density at radius 2 is 1.73 bits per heavy atom. The van der Waals surface area contributed by atoms with Crippen molar-refractivity contribution in [2.45, 2.75) is 19.9 Å². The first-order chi connectivity index (χ1) is 12.7. The van der Waals surface area contributed by atoms with Gasteiger partial charge in [-0.15, -0.1) is 11.3 Å². The summed E-state index contributed by atoms with van der Waals surface area (Å²) in [5.74, 6) is -0.231. The van der Waals surface area contributed by atoms with Gasteiger partial charge in [-0.2, -0.15) is 0 Å². The van der Waals surface area contributed by atoms with Crippen LogP contribution in [0.4, 0.5) is 5.69 Å². The molecule has 0 saturated heterocycles. The van der Waals surface area contributed by atoms with E-state index in [1.54, 1.807) is 18.2 Å². The molecule has 2 amide bonds. The van der Waals surface area contributed by atoms with Crippen molar-refractivity contribution in [3.63, 3.8) is 0 Å². The average Bonchev–Trinajstić information content (AvgIpc) is 3.21. The van der Waals surface area contributed by atoms with Crippen molar-refractivity contribution in [1.82, 2.24) is 5.32 Å². The van der Waals surface area contributed by atoms with Gasteiger partial charge in [0.1, 0.15) is 0 Å². The van der Waals surface area contributed by atoms with Crippen LogP contribution in [0.15, 0.2) is 66.0 Å². The largest absolute Gasteiger partial charge is 0.347 e. The number of benzene rings is 2. The number of rotatable bonds is 6. The van der Waals surface area contributed by atoms with Crippen molar-refractivity contribution in [1.29, 1.82) is 0 Å². The highest BCUT2D eigenvalue weighted by molar-refractivity contribution is 7.12. The number of nitrogens with one attached hydrogen (secondary N) is 2. The Labute approximate surface area is 156 Å². The van der Waals surface area contributed by atoms with Crippen molar-refractivity contribution in [3.05, 3.63) is 87.6 Å². The monoisotopic (exact) mass is 364 g/mol. The van der Waals surface area contributed by atoms with Crippen molar-refractivity contribution < 1.29 is 9.59 Å². The normalized spacial score (nSPS) is 10.3. The molecule has 1 heterocycles. The van der Waals surface area contributed by atoms with E-state index in [0.29, 0.717) is 17.0 Å². The lowest BCUT2D eigenvalue weighted by molar-refractivity contribution is 0.0953. The van der Waals surface area contributed by atoms with E-state index in [1.165, 1.54) is 16.9 Å². The van der Waals surface area contributed by atoms with Crippen LogP contribution in [0.25, 0.3) is 0 Å². The van der Waals surface area contributed by atoms with E-state index in [1.807, 2.05) is 47.8 Å². The molecule has 3 aromatic rings. The zero-order valence-electron chi connectivity index (χ0n) is 14.5. The molecule has 0 spiro atoms. The SMILES string of the molecule is CCc1cccc(NC(=O)c2ccc(CNC(=O)c3cccs3)cc2)c1. The fourth-order valence-electron chi connectivity index (χ4n) is 2.52. The molecule has 5 heteroatoms. The molecule has 132 valence electrons. The summed E-state index contributed by atoms with van der Waals surface area (Å²) in [6, 6.07) is 18.7. The van der Waals surface area contributed by atoms with E-state index in [-0.39, 0.29) is 11.8 Å². The minimum Gasteiger partial charge on any atom is -0.347 e. The van der Waals surface area contributed by atoms with Crippen LogP contribution in [0.5, 0.6) is 0 Å². The van der Waals surface area contributed by atoms with E-state index in [0.717, 1.165) is 17.7 Å². The molecule has 3 rings (SSSR count). The second-order valence-corrected chi connectivity index (χ2v) is 6.81. The number of carbonyl (C=O) groups is 2. The van der Waals surface area contributed by atoms with Gasteiger partial charge in [0.05, 0.1) is 4.88 Å². The van der Waals surface area contributed by atoms with Gasteiger partial charge in [-0.3, -0.25) is 9.59 Å². The van der Waals surface area contributed by atoms with Crippen LogP contribution in [0.1, 0.15) is 38.1 Å². The second-order valence-electron chi connectivity index (χ2n) is 5.86. The van der Waals surface area contributed by atoms with E-state index in [4.69, 9.17) is 0 Å². The van der Waals surface area contributed by atoms with Gasteiger partial charge in [-0.25, -0.2) is 0 Å². The third-order valence-corrected chi connectivity index (χ3v) is 4.88. The summed E-state index contributed by atoms with van der Waals surface area (Å²) in [4.78, 5) is 25.0. The summed E-state index contributed by atoms with van der Waals surface area (Å²) in [5, 5.41) is 7.66. The molecule has 0 fully saturated rings. The summed E-state index contributed by atoms with van der Waals surface area (Å²) in [7, 11) is 0. The molecule has 26 heavy (non-hydrogen) atoms. The summed E-state index contributed by atoms with van der Waals surface area (Å²) in [6.45, 7) is 2.51. The van der Waals surface area contributed by atoms with Gasteiger partial charge >= 0.3 is 0 Å². The predicted octanol–water partition coefficient (Wildman–Crippen LogP) is 4.49. The summed E-state index contributed by atoms with van der Waals surface area (Å²) in [5.41, 5.74) is 3.50. The maximum absolute atomic E-state index is 12.4. The molecule has 0 aliphatic carbocycles. The van der Waals surface area contributed by atoms with Crippen LogP contribution in [0.2, 0.25) is 0 Å². The number of carbonyl (C=O) groups excluding carboxylic acids is 2. The predicted molar refractivity (Wildman–Crippen MR) is 106 cm³/mol. The summed E-state index contributed by atoms with van der Waals surface area (Å²) in [6.07, 6.45) is 0.926. The molecule has 1 aromatic heterocycles. The first-order valence-corrected chi connectivity index (χ1v) is 9.34. The molecule has 2 aromatic carbocycles. The van der Waals surface area contributed by atoms with Crippen molar-refractivity contribution in [3.8, 4) is 0 Å². The third kappa shape index (κ3) is 4.58. The molecular formula is C21H20N2O2S. The Morgan fingerprint density at radius 3 is 2.42 bits per heavy atom. The fraction of sp³-hybridized carbons (Fsp3) is 0.143. The van der Waals surface area contributed by atoms with Crippen LogP contribution >= 0.6 is 11.3 Å². The number of thiophene rings is 1. The van der Waals surface area contributed by atoms with Crippen LogP contribution in [0, 0.1) is 0 Å². The minimum atomic E-state index is -0.146. The van der Waals surface area contributed by atoms with Crippen molar-refractivity contribution in [2.75, 3.05) is 5.32 Å². The lowest BCUT2D eigenvalue weighted by Gasteiger charge is -2.08. The number of amides is 2. The second kappa shape index (κ2) is 8.45. The van der Waals surface area contributed by atoms with E-state index in [2.05, 4.69) is 17.6 Å². The number of aryl methyl sites for hydroxylation is 1. The molecule has 0 radical (unpaired) electrons. The smallest absolute Gasteiger partial charge is 0.261 e. The Kier molecular flexibility index (Phi) is 5.81. The van der Waals surface area contributed by atoms with Gasteiger partial charge < -0.3 is 10.6 Å². The highest BCUT2D eigenvalue weighted by Crippen LogP contribution is 2.14. The zero-order valence-corrected chi connectivity index (χ0v) is 15.3. The van der Waals surface area contributed by atoms with E-state index < -0.39 is 0 Å². The van der Waals surface area contributed by atoms with Gasteiger partial charge in [0.25, 0.3) is 11.8 Å². The molecule has 0 unspecified atom stereocenters. The Bertz CT molecular complexity index is 887. The van der Waals surface area contributed by atoms with Gasteiger partial charge in [0.2, 0.25) is 0 Å². The topological polar surface area (TPSA) is 58.2 Å². The molecule has 0 saturated carbocycles. The zero-order chi connectivity index (χ0) is 18.4. The molecule has 0 atom stereocenters. The van der Waals surface area contributed by atoms with Gasteiger partial charge in [-0.1, -0.05) is 37.3 Å². The number of anilines is 1. The van der Waals surface area contributed by atoms with Crippen LogP contribution in [0.3, 0.4) is 0 Å². The number of hydrogen-bond donors (Lipinski definition) is 2. The van der Waals surface area contributed by atoms with Gasteiger partial charge in [0, 0.05) is 17.8 Å². The highest BCUT2D eigenvalue weighted by atomic mass is 32.1. The quantitative estimate of drug-likeness (QED) is 0.677. The van der Waals surface area contributed by atoms with Crippen LogP contribution in [-0.4, -0.2) is 11.8 Å². The van der Waals surface area contributed by atoms with Gasteiger partial charge in [0.15, 0.2) is 0 Å². The van der Waals surface area contributed by atoms with Gasteiger partial charge in [-0.05, 0) is 53.3 Å². The fourth-order valence-corrected chi connectivity index (χ4v) is 3.16. The summed E-state index contributed by atoms with van der Waals surface area (Å²) < 4.78 is 0. The highest BCUT2D eigenvalue weighted by Gasteiger charge is 2.08. The van der Waals surface area contributed by atoms with Crippen molar-refractivity contribution >= 4 is 28.8 Å². The summed E-state index contributed by atoms with van der Waals surface area (Å²) >= 11 is 1.41. The first kappa shape index (κ1) is 17.9. The van der Waals surface area contributed by atoms with Crippen LogP contribution in [-0.2, 0) is 13.0 Å². The lowest BCUT2D eigenvalue weighted by Crippen LogP contribution is -2.21. The standard InChI is InChI=1S/C21H20N2O2S/c1-2-15-5-3-6-18(13-15)23-20(24)17-10-8-16(9-11-17)14-22-21(25)19-7-4-12-26-19/h3-13H,2,14H2,1H3,(H,22,25)(H,23,24). The van der Waals surface area contributed by atoms with Crippen molar-refractivity contribution in [2.24, 2.45) is 0 Å². The van der Waals surface area contributed by atoms with E-state index >= 15 is 0 Å². The average molecular weight is 364 g/mol. The third-order valence-electron chi connectivity index (χ3n) is 4.01. The number of hydrogen-bond acceptors (Lipinski definition) is 3. The maximum atomic E-state index is 12.4. The molecule has 2 N–H and O–H groups in total. The molecular weight excluding hydrogens is 344 g/mol. The Balaban J connectivity index is 1.58. The Morgan fingerprint density at radius 1 is 0.923 bits per heavy atom. The molecule has 4 nitrogen and oxygen atoms in total.